The Hall–Kier alpha value is -4.61. The third-order valence-corrected chi connectivity index (χ3v) is 6.06. The summed E-state index contributed by atoms with van der Waals surface area (Å²) in [6, 6.07) is 6.23. The minimum absolute atomic E-state index is 0.0976. The molecule has 1 saturated carbocycles. The highest BCUT2D eigenvalue weighted by molar-refractivity contribution is 5.93. The normalized spacial score (nSPS) is 12.9. The van der Waals surface area contributed by atoms with E-state index in [0.29, 0.717) is 28.7 Å². The van der Waals surface area contributed by atoms with Crippen LogP contribution in [0.5, 0.6) is 0 Å². The number of aryl methyl sites for hydroxylation is 3. The van der Waals surface area contributed by atoms with Gasteiger partial charge in [-0.05, 0) is 30.9 Å². The van der Waals surface area contributed by atoms with E-state index < -0.39 is 0 Å². The predicted octanol–water partition coefficient (Wildman–Crippen LogP) is 3.08. The van der Waals surface area contributed by atoms with Crippen molar-refractivity contribution in [1.29, 1.82) is 0 Å². The van der Waals surface area contributed by atoms with Crippen molar-refractivity contribution in [2.45, 2.75) is 45.6 Å². The molecule has 12 nitrogen and oxygen atoms in total. The molecule has 4 heterocycles. The van der Waals surface area contributed by atoms with Crippen molar-refractivity contribution in [2.24, 2.45) is 7.05 Å². The van der Waals surface area contributed by atoms with Gasteiger partial charge in [0.05, 0.1) is 17.1 Å². The number of benzene rings is 1. The summed E-state index contributed by atoms with van der Waals surface area (Å²) in [6.45, 7) is 3.80. The Bertz CT molecular complexity index is 1610. The lowest BCUT2D eigenvalue weighted by Crippen LogP contribution is -2.25. The first-order valence-electron chi connectivity index (χ1n) is 12.1. The summed E-state index contributed by atoms with van der Waals surface area (Å²) in [4.78, 5) is 29.6. The second-order valence-electron chi connectivity index (χ2n) is 8.94. The van der Waals surface area contributed by atoms with Gasteiger partial charge >= 0.3 is 0 Å². The van der Waals surface area contributed by atoms with Crippen molar-refractivity contribution in [1.82, 2.24) is 39.4 Å². The molecule has 0 spiro atoms. The third kappa shape index (κ3) is 4.77. The second-order valence-corrected chi connectivity index (χ2v) is 8.94. The number of anilines is 2. The largest absolute Gasteiger partial charge is 0.383 e. The summed E-state index contributed by atoms with van der Waals surface area (Å²) in [5.74, 6) is 2.13. The SMILES string of the molecule is CCCc1nc2cccc(-c3cnn(C)c3)c2c(=O)n1C1CC1.Cc1nc(-c2c(N)ncnc2N)no1. The summed E-state index contributed by atoms with van der Waals surface area (Å²) in [7, 11) is 1.88. The lowest BCUT2D eigenvalue weighted by atomic mass is 10.0. The molecule has 0 saturated heterocycles. The lowest BCUT2D eigenvalue weighted by Gasteiger charge is -2.13. The maximum atomic E-state index is 13.2. The van der Waals surface area contributed by atoms with E-state index >= 15 is 0 Å². The van der Waals surface area contributed by atoms with Gasteiger partial charge in [0.1, 0.15) is 29.4 Å². The number of nitrogens with two attached hydrogens (primary N) is 2. The summed E-state index contributed by atoms with van der Waals surface area (Å²) in [6.07, 6.45) is 9.02. The first-order valence-corrected chi connectivity index (χ1v) is 12.1. The zero-order chi connectivity index (χ0) is 26.1. The van der Waals surface area contributed by atoms with Crippen LogP contribution in [0.25, 0.3) is 33.4 Å². The molecule has 0 atom stereocenters. The summed E-state index contributed by atoms with van der Waals surface area (Å²) in [5, 5.41) is 8.63. The molecule has 5 aromatic rings. The number of aromatic nitrogens is 8. The van der Waals surface area contributed by atoms with Crippen LogP contribution < -0.4 is 17.0 Å². The smallest absolute Gasteiger partial charge is 0.262 e. The second kappa shape index (κ2) is 9.80. The van der Waals surface area contributed by atoms with E-state index in [-0.39, 0.29) is 17.2 Å². The molecule has 0 unspecified atom stereocenters. The van der Waals surface area contributed by atoms with Crippen LogP contribution in [-0.2, 0) is 13.5 Å². The molecule has 190 valence electrons. The number of fused-ring (bicyclic) bond motifs is 1. The highest BCUT2D eigenvalue weighted by Crippen LogP contribution is 2.36. The average molecular weight is 501 g/mol. The number of nitrogens with zero attached hydrogens (tertiary/aromatic N) is 8. The molecule has 1 aromatic carbocycles. The van der Waals surface area contributed by atoms with Gasteiger partial charge in [0, 0.05) is 38.2 Å². The van der Waals surface area contributed by atoms with E-state index in [1.165, 1.54) is 6.33 Å². The maximum absolute atomic E-state index is 13.2. The Morgan fingerprint density at radius 3 is 2.49 bits per heavy atom. The van der Waals surface area contributed by atoms with Gasteiger partial charge in [0.25, 0.3) is 5.56 Å². The molecule has 4 N–H and O–H groups in total. The highest BCUT2D eigenvalue weighted by atomic mass is 16.5. The summed E-state index contributed by atoms with van der Waals surface area (Å²) >= 11 is 0. The molecule has 1 fully saturated rings. The van der Waals surface area contributed by atoms with Crippen LogP contribution in [0.1, 0.15) is 43.9 Å². The number of nitrogen functional groups attached to an aromatic ring is 2. The van der Waals surface area contributed by atoms with Crippen molar-refractivity contribution in [3.8, 4) is 22.5 Å². The number of hydrogen-bond acceptors (Lipinski definition) is 10. The molecule has 0 bridgehead atoms. The molecule has 1 aliphatic carbocycles. The summed E-state index contributed by atoms with van der Waals surface area (Å²) < 4.78 is 8.49. The Labute approximate surface area is 212 Å². The minimum atomic E-state index is 0.0976. The van der Waals surface area contributed by atoms with E-state index in [2.05, 4.69) is 32.1 Å². The molecule has 37 heavy (non-hydrogen) atoms. The van der Waals surface area contributed by atoms with E-state index in [1.54, 1.807) is 17.8 Å². The van der Waals surface area contributed by atoms with Crippen LogP contribution in [0.2, 0.25) is 0 Å². The fourth-order valence-electron chi connectivity index (χ4n) is 4.24. The molecule has 0 aliphatic heterocycles. The van der Waals surface area contributed by atoms with Crippen LogP contribution in [-0.4, -0.2) is 39.4 Å². The van der Waals surface area contributed by atoms with Gasteiger partial charge in [-0.3, -0.25) is 14.0 Å². The molecule has 0 radical (unpaired) electrons. The first kappa shape index (κ1) is 24.1. The van der Waals surface area contributed by atoms with Crippen molar-refractivity contribution in [3.63, 3.8) is 0 Å². The zero-order valence-electron chi connectivity index (χ0n) is 20.9. The van der Waals surface area contributed by atoms with Crippen molar-refractivity contribution >= 4 is 22.5 Å². The third-order valence-electron chi connectivity index (χ3n) is 6.06. The number of hydrogen-bond donors (Lipinski definition) is 2. The van der Waals surface area contributed by atoms with Gasteiger partial charge in [-0.15, -0.1) is 0 Å². The topological polar surface area (TPSA) is 169 Å². The van der Waals surface area contributed by atoms with Crippen LogP contribution in [0.4, 0.5) is 11.6 Å². The van der Waals surface area contributed by atoms with Gasteiger partial charge in [-0.1, -0.05) is 24.2 Å². The molecule has 0 amide bonds. The fourth-order valence-corrected chi connectivity index (χ4v) is 4.24. The molecular formula is C25H28N10O2. The molecule has 4 aromatic heterocycles. The van der Waals surface area contributed by atoms with Crippen molar-refractivity contribution in [3.05, 3.63) is 59.0 Å². The first-order chi connectivity index (χ1) is 17.9. The van der Waals surface area contributed by atoms with Gasteiger partial charge in [-0.25, -0.2) is 15.0 Å². The van der Waals surface area contributed by atoms with Crippen molar-refractivity contribution < 1.29 is 4.52 Å². The van der Waals surface area contributed by atoms with Crippen LogP contribution in [0.3, 0.4) is 0 Å². The summed E-state index contributed by atoms with van der Waals surface area (Å²) in [5.41, 5.74) is 14.4. The fraction of sp³-hybridized carbons (Fsp3) is 0.320. The number of rotatable bonds is 5. The monoisotopic (exact) mass is 500 g/mol. The Morgan fingerprint density at radius 1 is 1.14 bits per heavy atom. The maximum Gasteiger partial charge on any atom is 0.262 e. The Balaban J connectivity index is 0.000000171. The predicted molar refractivity (Wildman–Crippen MR) is 139 cm³/mol. The van der Waals surface area contributed by atoms with E-state index in [9.17, 15) is 4.79 Å². The Kier molecular flexibility index (Phi) is 6.38. The average Bonchev–Trinajstić information content (AvgIpc) is 3.46. The lowest BCUT2D eigenvalue weighted by molar-refractivity contribution is 0.394. The zero-order valence-corrected chi connectivity index (χ0v) is 20.9. The van der Waals surface area contributed by atoms with E-state index in [4.69, 9.17) is 21.0 Å². The standard InChI is InChI=1S/C18H20N4O.C7H8N6O/c1-3-5-16-20-15-7-4-6-14(12-10-19-21(2)11-12)17(15)18(23)22(16)13-8-9-13;1-3-12-7(13-14-3)4-5(8)10-2-11-6(4)9/h4,6-7,10-11,13H,3,5,8-9H2,1-2H3;2H,1H3,(H4,8,9,10,11). The van der Waals surface area contributed by atoms with Crippen LogP contribution in [0, 0.1) is 6.92 Å². The quantitative estimate of drug-likeness (QED) is 0.365. The Morgan fingerprint density at radius 2 is 1.89 bits per heavy atom. The van der Waals surface area contributed by atoms with Gasteiger partial charge in [-0.2, -0.15) is 10.1 Å². The van der Waals surface area contributed by atoms with E-state index in [0.717, 1.165) is 48.2 Å². The molecule has 6 rings (SSSR count). The minimum Gasteiger partial charge on any atom is -0.383 e. The van der Waals surface area contributed by atoms with Crippen LogP contribution in [0.15, 0.2) is 46.2 Å². The molecular weight excluding hydrogens is 472 g/mol. The van der Waals surface area contributed by atoms with Gasteiger partial charge in [0.15, 0.2) is 0 Å². The molecule has 1 aliphatic rings. The molecule has 12 heteroatoms. The van der Waals surface area contributed by atoms with Gasteiger partial charge in [0.2, 0.25) is 11.7 Å². The highest BCUT2D eigenvalue weighted by Gasteiger charge is 2.28. The van der Waals surface area contributed by atoms with Gasteiger partial charge < -0.3 is 16.0 Å². The van der Waals surface area contributed by atoms with Crippen molar-refractivity contribution in [2.75, 3.05) is 11.5 Å². The van der Waals surface area contributed by atoms with E-state index in [1.807, 2.05) is 36.0 Å². The van der Waals surface area contributed by atoms with Crippen LogP contribution >= 0.6 is 0 Å².